The summed E-state index contributed by atoms with van der Waals surface area (Å²) in [6.45, 7) is 9.42. The summed E-state index contributed by atoms with van der Waals surface area (Å²) in [5, 5.41) is 7.90. The lowest BCUT2D eigenvalue weighted by molar-refractivity contribution is 0.214. The first-order chi connectivity index (χ1) is 15.0. The minimum atomic E-state index is -3.43. The molecule has 1 unspecified atom stereocenters. The molecule has 7 heteroatoms. The van der Waals surface area contributed by atoms with E-state index in [1.165, 1.54) is 21.8 Å². The zero-order chi connectivity index (χ0) is 22.0. The Balaban J connectivity index is 1.82. The number of anilines is 1. The van der Waals surface area contributed by atoms with E-state index in [-0.39, 0.29) is 0 Å². The highest BCUT2D eigenvalue weighted by atomic mass is 32.1. The number of benzene rings is 2. The number of nitrogens with zero attached hydrogens (tertiary/aromatic N) is 1. The van der Waals surface area contributed by atoms with Gasteiger partial charge in [0, 0.05) is 38.9 Å². The third-order valence-corrected chi connectivity index (χ3v) is 8.99. The molecule has 0 aliphatic rings. The van der Waals surface area contributed by atoms with Crippen LogP contribution in [0.5, 0.6) is 0 Å². The van der Waals surface area contributed by atoms with Gasteiger partial charge in [-0.2, -0.15) is 0 Å². The first-order valence-corrected chi connectivity index (χ1v) is 13.2. The summed E-state index contributed by atoms with van der Waals surface area (Å²) in [7, 11) is -3.43. The lowest BCUT2D eigenvalue weighted by Gasteiger charge is -2.28. The lowest BCUT2D eigenvalue weighted by atomic mass is 10.1. The van der Waals surface area contributed by atoms with Crippen LogP contribution in [-0.2, 0) is 20.2 Å². The number of para-hydroxylation sites is 1. The van der Waals surface area contributed by atoms with Crippen LogP contribution in [0.2, 0.25) is 0 Å². The van der Waals surface area contributed by atoms with Gasteiger partial charge in [0.1, 0.15) is 0 Å². The van der Waals surface area contributed by atoms with E-state index < -0.39 is 13.4 Å². The Hall–Kier alpha value is -2.11. The Labute approximate surface area is 187 Å². The van der Waals surface area contributed by atoms with Gasteiger partial charge in [-0.1, -0.05) is 18.2 Å². The Bertz CT molecular complexity index is 1240. The van der Waals surface area contributed by atoms with Gasteiger partial charge in [-0.3, -0.25) is 4.57 Å². The molecule has 2 aromatic carbocycles. The van der Waals surface area contributed by atoms with E-state index in [1.807, 2.05) is 38.3 Å². The van der Waals surface area contributed by atoms with E-state index in [4.69, 9.17) is 9.05 Å². The fourth-order valence-corrected chi connectivity index (χ4v) is 7.46. The molecule has 2 heterocycles. The maximum Gasteiger partial charge on any atom is 0.358 e. The van der Waals surface area contributed by atoms with Crippen LogP contribution in [0, 0.1) is 6.92 Å². The molecular formula is C24H29N2O3PS. The average Bonchev–Trinajstić information content (AvgIpc) is 3.32. The molecule has 0 aliphatic heterocycles. The first kappa shape index (κ1) is 22.1. The first-order valence-electron chi connectivity index (χ1n) is 10.7. The molecule has 0 bridgehead atoms. The van der Waals surface area contributed by atoms with Crippen molar-refractivity contribution in [2.45, 2.75) is 40.0 Å². The van der Waals surface area contributed by atoms with Gasteiger partial charge in [-0.25, -0.2) is 0 Å². The van der Waals surface area contributed by atoms with Gasteiger partial charge < -0.3 is 18.9 Å². The van der Waals surface area contributed by atoms with Crippen molar-refractivity contribution >= 4 is 46.4 Å². The predicted octanol–water partition coefficient (Wildman–Crippen LogP) is 7.56. The molecule has 4 aromatic rings. The summed E-state index contributed by atoms with van der Waals surface area (Å²) in [6, 6.07) is 16.8. The van der Waals surface area contributed by atoms with E-state index in [2.05, 4.69) is 53.2 Å². The summed E-state index contributed by atoms with van der Waals surface area (Å²) >= 11 is 1.57. The SMILES string of the molecule is CCOP(=O)(OCC)C(Nc1ccc2c(c1)c1ccccc1n2CC)c1sccc1C. The van der Waals surface area contributed by atoms with Crippen molar-refractivity contribution in [3.05, 3.63) is 64.4 Å². The largest absolute Gasteiger partial charge is 0.367 e. The number of aryl methyl sites for hydroxylation is 2. The zero-order valence-corrected chi connectivity index (χ0v) is 20.1. The van der Waals surface area contributed by atoms with Crippen molar-refractivity contribution in [3.63, 3.8) is 0 Å². The monoisotopic (exact) mass is 456 g/mol. The second-order valence-electron chi connectivity index (χ2n) is 7.38. The fourth-order valence-electron chi connectivity index (χ4n) is 4.14. The van der Waals surface area contributed by atoms with Crippen LogP contribution in [0.15, 0.2) is 53.9 Å². The molecule has 0 radical (unpaired) electrons. The normalized spacial score (nSPS) is 13.2. The lowest BCUT2D eigenvalue weighted by Crippen LogP contribution is -2.15. The molecule has 0 saturated heterocycles. The van der Waals surface area contributed by atoms with E-state index in [0.717, 1.165) is 22.7 Å². The van der Waals surface area contributed by atoms with Gasteiger partial charge in [-0.15, -0.1) is 11.3 Å². The van der Waals surface area contributed by atoms with E-state index in [9.17, 15) is 4.57 Å². The highest BCUT2D eigenvalue weighted by molar-refractivity contribution is 7.54. The second-order valence-corrected chi connectivity index (χ2v) is 10.4. The predicted molar refractivity (Wildman–Crippen MR) is 131 cm³/mol. The summed E-state index contributed by atoms with van der Waals surface area (Å²) < 4.78 is 27.6. The fraction of sp³-hybridized carbons (Fsp3) is 0.333. The van der Waals surface area contributed by atoms with Crippen LogP contribution in [0.1, 0.15) is 37.0 Å². The Morgan fingerprint density at radius 3 is 2.35 bits per heavy atom. The minimum Gasteiger partial charge on any atom is -0.367 e. The zero-order valence-electron chi connectivity index (χ0n) is 18.4. The summed E-state index contributed by atoms with van der Waals surface area (Å²) in [5.41, 5.74) is 4.38. The summed E-state index contributed by atoms with van der Waals surface area (Å²) in [4.78, 5) is 0.973. The van der Waals surface area contributed by atoms with E-state index in [1.54, 1.807) is 11.3 Å². The number of fused-ring (bicyclic) bond motifs is 3. The molecule has 0 amide bonds. The summed E-state index contributed by atoms with van der Waals surface area (Å²) in [5.74, 6) is -0.565. The van der Waals surface area contributed by atoms with Gasteiger partial charge in [0.05, 0.1) is 13.2 Å². The van der Waals surface area contributed by atoms with Crippen LogP contribution in [-0.4, -0.2) is 17.8 Å². The van der Waals surface area contributed by atoms with Crippen LogP contribution >= 0.6 is 18.9 Å². The van der Waals surface area contributed by atoms with Gasteiger partial charge >= 0.3 is 7.60 Å². The number of hydrogen-bond donors (Lipinski definition) is 1. The summed E-state index contributed by atoms with van der Waals surface area (Å²) in [6.07, 6.45) is 0. The number of nitrogens with one attached hydrogen (secondary N) is 1. The number of hydrogen-bond acceptors (Lipinski definition) is 5. The van der Waals surface area contributed by atoms with Gasteiger partial charge in [0.25, 0.3) is 0 Å². The number of aromatic nitrogens is 1. The molecule has 2 aromatic heterocycles. The maximum absolute atomic E-state index is 13.8. The van der Waals surface area contributed by atoms with Crippen LogP contribution in [0.3, 0.4) is 0 Å². The van der Waals surface area contributed by atoms with E-state index >= 15 is 0 Å². The molecular weight excluding hydrogens is 427 g/mol. The van der Waals surface area contributed by atoms with Gasteiger partial charge in [-0.05, 0) is 69.0 Å². The van der Waals surface area contributed by atoms with Crippen LogP contribution < -0.4 is 5.32 Å². The second kappa shape index (κ2) is 9.17. The average molecular weight is 457 g/mol. The molecule has 1 atom stereocenters. The Morgan fingerprint density at radius 1 is 1.00 bits per heavy atom. The standard InChI is InChI=1S/C24H29N2O3PS/c1-5-26-21-11-9-8-10-19(21)20-16-18(12-13-22(20)26)25-24(23-17(4)14-15-31-23)30(27,28-6-2)29-7-3/h8-16,24-25H,5-7H2,1-4H3. The molecule has 4 rings (SSSR count). The highest BCUT2D eigenvalue weighted by Gasteiger charge is 2.38. The smallest absolute Gasteiger partial charge is 0.358 e. The molecule has 31 heavy (non-hydrogen) atoms. The Morgan fingerprint density at radius 2 is 1.71 bits per heavy atom. The molecule has 5 nitrogen and oxygen atoms in total. The third kappa shape index (κ3) is 4.06. The van der Waals surface area contributed by atoms with Crippen molar-refractivity contribution in [3.8, 4) is 0 Å². The third-order valence-electron chi connectivity index (χ3n) is 5.48. The molecule has 164 valence electrons. The van der Waals surface area contributed by atoms with Crippen molar-refractivity contribution in [1.29, 1.82) is 0 Å². The number of thiophene rings is 1. The quantitative estimate of drug-likeness (QED) is 0.264. The maximum atomic E-state index is 13.8. The van der Waals surface area contributed by atoms with Crippen molar-refractivity contribution < 1.29 is 13.6 Å². The molecule has 0 saturated carbocycles. The van der Waals surface area contributed by atoms with E-state index in [0.29, 0.717) is 13.2 Å². The highest BCUT2D eigenvalue weighted by Crippen LogP contribution is 2.62. The minimum absolute atomic E-state index is 0.322. The van der Waals surface area contributed by atoms with Crippen molar-refractivity contribution in [2.24, 2.45) is 0 Å². The van der Waals surface area contributed by atoms with Crippen LogP contribution in [0.4, 0.5) is 5.69 Å². The molecule has 0 aliphatic carbocycles. The molecule has 0 spiro atoms. The molecule has 0 fully saturated rings. The van der Waals surface area contributed by atoms with Crippen LogP contribution in [0.25, 0.3) is 21.8 Å². The van der Waals surface area contributed by atoms with Crippen molar-refractivity contribution in [2.75, 3.05) is 18.5 Å². The Kier molecular flexibility index (Phi) is 6.54. The topological polar surface area (TPSA) is 52.5 Å². The van der Waals surface area contributed by atoms with Gasteiger partial charge in [0.2, 0.25) is 0 Å². The molecule has 1 N–H and O–H groups in total. The number of rotatable bonds is 9. The van der Waals surface area contributed by atoms with Crippen molar-refractivity contribution in [1.82, 2.24) is 4.57 Å². The van der Waals surface area contributed by atoms with Gasteiger partial charge in [0.15, 0.2) is 5.78 Å².